The molecular formula is C21H20N4O3. The molecule has 142 valence electrons. The zero-order chi connectivity index (χ0) is 20.1. The molecule has 1 unspecified atom stereocenters. The molecule has 5 N–H and O–H groups in total. The first kappa shape index (κ1) is 19.0. The highest BCUT2D eigenvalue weighted by Crippen LogP contribution is 2.45. The maximum atomic E-state index is 9.87. The topological polar surface area (TPSA) is 128 Å². The summed E-state index contributed by atoms with van der Waals surface area (Å²) in [6.07, 6.45) is 0. The van der Waals surface area contributed by atoms with Crippen molar-refractivity contribution in [1.29, 1.82) is 5.26 Å². The van der Waals surface area contributed by atoms with Gasteiger partial charge >= 0.3 is 0 Å². The number of aliphatic hydroxyl groups is 1. The molecule has 0 bridgehead atoms. The molecule has 0 saturated heterocycles. The Bertz CT molecular complexity index is 1040. The number of nitrogens with one attached hydrogen (secondary N) is 1. The van der Waals surface area contributed by atoms with Crippen molar-refractivity contribution in [2.75, 3.05) is 6.61 Å². The van der Waals surface area contributed by atoms with E-state index in [1.165, 1.54) is 0 Å². The number of phenols is 1. The third-order valence-electron chi connectivity index (χ3n) is 4.20. The van der Waals surface area contributed by atoms with Gasteiger partial charge in [-0.1, -0.05) is 42.5 Å². The minimum absolute atomic E-state index is 0.0226. The molecule has 0 aliphatic carbocycles. The number of hydrogen-bond donors (Lipinski definition) is 4. The molecule has 2 aromatic carbocycles. The van der Waals surface area contributed by atoms with Crippen LogP contribution in [0.3, 0.4) is 0 Å². The van der Waals surface area contributed by atoms with Crippen LogP contribution < -0.4 is 10.5 Å². The Labute approximate surface area is 162 Å². The van der Waals surface area contributed by atoms with Crippen LogP contribution >= 0.6 is 0 Å². The predicted octanol–water partition coefficient (Wildman–Crippen LogP) is 3.00. The molecule has 0 radical (unpaired) electrons. The number of nitrogens with two attached hydrogens (primary N) is 1. The van der Waals surface area contributed by atoms with Gasteiger partial charge in [0.1, 0.15) is 17.4 Å². The number of ether oxygens (including phenoxy) is 1. The monoisotopic (exact) mass is 376 g/mol. The van der Waals surface area contributed by atoms with Crippen molar-refractivity contribution in [1.82, 2.24) is 10.2 Å². The van der Waals surface area contributed by atoms with E-state index in [9.17, 15) is 10.4 Å². The lowest BCUT2D eigenvalue weighted by molar-refractivity contribution is 0.318. The lowest BCUT2D eigenvalue weighted by atomic mass is 9.83. The largest absolute Gasteiger partial charge is 0.508 e. The van der Waals surface area contributed by atoms with E-state index in [0.717, 1.165) is 22.4 Å². The van der Waals surface area contributed by atoms with Crippen LogP contribution in [0.4, 0.5) is 0 Å². The molecule has 4 rings (SSSR count). The summed E-state index contributed by atoms with van der Waals surface area (Å²) in [5.74, 6) is -0.000819. The van der Waals surface area contributed by atoms with Crippen LogP contribution in [-0.4, -0.2) is 27.0 Å². The van der Waals surface area contributed by atoms with Crippen LogP contribution in [0.2, 0.25) is 0 Å². The maximum Gasteiger partial charge on any atom is 0.244 e. The normalized spacial score (nSPS) is 15.0. The van der Waals surface area contributed by atoms with Crippen molar-refractivity contribution in [3.8, 4) is 29.0 Å². The van der Waals surface area contributed by atoms with Gasteiger partial charge in [-0.15, -0.1) is 5.10 Å². The number of hydrogen-bond acceptors (Lipinski definition) is 6. The number of aromatic hydroxyl groups is 1. The van der Waals surface area contributed by atoms with E-state index in [0.29, 0.717) is 5.88 Å². The minimum atomic E-state index is -0.477. The first-order valence-electron chi connectivity index (χ1n) is 8.71. The zero-order valence-electron chi connectivity index (χ0n) is 15.3. The van der Waals surface area contributed by atoms with Crippen LogP contribution in [0, 0.1) is 11.3 Å². The number of phenolic OH excluding ortho intramolecular Hbond substituents is 1. The number of aliphatic hydroxyl groups excluding tert-OH is 1. The number of benzene rings is 2. The highest BCUT2D eigenvalue weighted by Gasteiger charge is 2.35. The lowest BCUT2D eigenvalue weighted by Crippen LogP contribution is -2.20. The van der Waals surface area contributed by atoms with Crippen molar-refractivity contribution in [2.24, 2.45) is 5.73 Å². The Kier molecular flexibility index (Phi) is 5.63. The van der Waals surface area contributed by atoms with Crippen LogP contribution in [0.25, 0.3) is 11.3 Å². The van der Waals surface area contributed by atoms with Gasteiger partial charge in [-0.2, -0.15) is 5.26 Å². The fourth-order valence-corrected chi connectivity index (χ4v) is 3.11. The standard InChI is InChI=1S/C19H14N4O2.C2H6O/c20-10-14-15(12-7-4-8-13(24)9-12)16-17(11-5-2-1-3-6-11)22-23-19(16)25-18(14)21;1-2-3/h1-9,15,24H,21H2,(H,22,23);3H,2H2,1H3. The maximum absolute atomic E-state index is 9.87. The molecule has 28 heavy (non-hydrogen) atoms. The average Bonchev–Trinajstić information content (AvgIpc) is 3.11. The number of rotatable bonds is 2. The molecule has 7 heteroatoms. The number of aromatic nitrogens is 2. The molecule has 0 spiro atoms. The fraction of sp³-hybridized carbons (Fsp3) is 0.143. The second-order valence-electron chi connectivity index (χ2n) is 6.02. The highest BCUT2D eigenvalue weighted by molar-refractivity contribution is 5.70. The summed E-state index contributed by atoms with van der Waals surface area (Å²) in [4.78, 5) is 0. The Hall–Kier alpha value is -3.76. The van der Waals surface area contributed by atoms with Gasteiger partial charge in [0.05, 0.1) is 17.2 Å². The number of nitriles is 1. The number of aromatic amines is 1. The molecule has 0 amide bonds. The Balaban J connectivity index is 0.000000706. The Morgan fingerprint density at radius 2 is 1.93 bits per heavy atom. The molecule has 1 aliphatic rings. The second-order valence-corrected chi connectivity index (χ2v) is 6.02. The third-order valence-corrected chi connectivity index (χ3v) is 4.20. The average molecular weight is 376 g/mol. The highest BCUT2D eigenvalue weighted by atomic mass is 16.5. The summed E-state index contributed by atoms with van der Waals surface area (Å²) in [7, 11) is 0. The first-order chi connectivity index (χ1) is 13.6. The smallest absolute Gasteiger partial charge is 0.244 e. The van der Waals surface area contributed by atoms with E-state index in [-0.39, 0.29) is 23.8 Å². The summed E-state index contributed by atoms with van der Waals surface area (Å²) < 4.78 is 5.55. The summed E-state index contributed by atoms with van der Waals surface area (Å²) in [6, 6.07) is 18.6. The molecule has 0 fully saturated rings. The van der Waals surface area contributed by atoms with Gasteiger partial charge in [0.25, 0.3) is 0 Å². The van der Waals surface area contributed by atoms with Crippen molar-refractivity contribution in [3.63, 3.8) is 0 Å². The van der Waals surface area contributed by atoms with Crippen molar-refractivity contribution in [3.05, 3.63) is 77.2 Å². The Morgan fingerprint density at radius 1 is 1.21 bits per heavy atom. The Morgan fingerprint density at radius 3 is 2.57 bits per heavy atom. The number of fused-ring (bicyclic) bond motifs is 1. The second kappa shape index (κ2) is 8.29. The van der Waals surface area contributed by atoms with Gasteiger partial charge in [-0.25, -0.2) is 0 Å². The van der Waals surface area contributed by atoms with E-state index < -0.39 is 5.92 Å². The first-order valence-corrected chi connectivity index (χ1v) is 8.71. The summed E-state index contributed by atoms with van der Waals surface area (Å²) in [5, 5.41) is 34.3. The van der Waals surface area contributed by atoms with Crippen molar-refractivity contribution >= 4 is 0 Å². The van der Waals surface area contributed by atoms with Gasteiger partial charge in [0.15, 0.2) is 0 Å². The third kappa shape index (κ3) is 3.54. The predicted molar refractivity (Wildman–Crippen MR) is 104 cm³/mol. The van der Waals surface area contributed by atoms with Crippen molar-refractivity contribution < 1.29 is 14.9 Å². The molecule has 3 aromatic rings. The molecule has 0 saturated carbocycles. The van der Waals surface area contributed by atoms with Crippen LogP contribution in [-0.2, 0) is 0 Å². The zero-order valence-corrected chi connectivity index (χ0v) is 15.3. The van der Waals surface area contributed by atoms with Gasteiger partial charge in [-0.3, -0.25) is 5.10 Å². The van der Waals surface area contributed by atoms with E-state index in [1.807, 2.05) is 36.4 Å². The number of nitrogens with zero attached hydrogens (tertiary/aromatic N) is 2. The van der Waals surface area contributed by atoms with Gasteiger partial charge in [-0.05, 0) is 30.2 Å². The SMILES string of the molecule is CCO.N#CC1=C(N)Oc2n[nH]c(-c3ccccc3)c2C1c1cccc(O)c1. The fourth-order valence-electron chi connectivity index (χ4n) is 3.11. The van der Waals surface area contributed by atoms with Crippen LogP contribution in [0.15, 0.2) is 66.1 Å². The van der Waals surface area contributed by atoms with Gasteiger partial charge < -0.3 is 20.7 Å². The molecule has 1 aromatic heterocycles. The van der Waals surface area contributed by atoms with E-state index in [1.54, 1.807) is 25.1 Å². The van der Waals surface area contributed by atoms with Gasteiger partial charge in [0.2, 0.25) is 11.8 Å². The summed E-state index contributed by atoms with van der Waals surface area (Å²) >= 11 is 0. The summed E-state index contributed by atoms with van der Waals surface area (Å²) in [5.41, 5.74) is 9.36. The molecular weight excluding hydrogens is 356 g/mol. The van der Waals surface area contributed by atoms with Crippen LogP contribution in [0.5, 0.6) is 11.6 Å². The van der Waals surface area contributed by atoms with E-state index >= 15 is 0 Å². The molecule has 7 nitrogen and oxygen atoms in total. The molecule has 1 atom stereocenters. The van der Waals surface area contributed by atoms with Crippen LogP contribution in [0.1, 0.15) is 24.0 Å². The molecule has 2 heterocycles. The van der Waals surface area contributed by atoms with E-state index in [2.05, 4.69) is 16.3 Å². The number of allylic oxidation sites excluding steroid dienone is 1. The summed E-state index contributed by atoms with van der Waals surface area (Å²) in [6.45, 7) is 1.93. The van der Waals surface area contributed by atoms with Crippen molar-refractivity contribution in [2.45, 2.75) is 12.8 Å². The number of H-pyrrole nitrogens is 1. The lowest BCUT2D eigenvalue weighted by Gasteiger charge is -2.24. The molecule has 1 aliphatic heterocycles. The van der Waals surface area contributed by atoms with E-state index in [4.69, 9.17) is 15.6 Å². The van der Waals surface area contributed by atoms with Gasteiger partial charge in [0, 0.05) is 6.61 Å². The quantitative estimate of drug-likeness (QED) is 0.544. The minimum Gasteiger partial charge on any atom is -0.508 e.